The third-order valence-corrected chi connectivity index (χ3v) is 4.19. The van der Waals surface area contributed by atoms with Crippen molar-refractivity contribution in [2.75, 3.05) is 4.72 Å². The number of nitrogens with one attached hydrogen (secondary N) is 1. The van der Waals surface area contributed by atoms with Crippen LogP contribution < -0.4 is 4.72 Å². The van der Waals surface area contributed by atoms with E-state index >= 15 is 0 Å². The summed E-state index contributed by atoms with van der Waals surface area (Å²) in [6.07, 6.45) is 2.35. The second-order valence-electron chi connectivity index (χ2n) is 4.27. The number of aryl methyl sites for hydroxylation is 2. The van der Waals surface area contributed by atoms with Gasteiger partial charge in [-0.15, -0.1) is 0 Å². The van der Waals surface area contributed by atoms with Crippen LogP contribution in [0, 0.1) is 6.92 Å². The highest BCUT2D eigenvalue weighted by atomic mass is 35.5. The maximum atomic E-state index is 12.3. The Morgan fingerprint density at radius 2 is 2.00 bits per heavy atom. The van der Waals surface area contributed by atoms with Crippen molar-refractivity contribution in [2.45, 2.75) is 31.8 Å². The molecule has 0 amide bonds. The molecule has 2 aromatic heterocycles. The maximum absolute atomic E-state index is 12.3. The summed E-state index contributed by atoms with van der Waals surface area (Å²) in [5, 5.41) is -0.187. The lowest BCUT2D eigenvalue weighted by Gasteiger charge is -2.05. The van der Waals surface area contributed by atoms with E-state index in [4.69, 9.17) is 23.2 Å². The van der Waals surface area contributed by atoms with Crippen LogP contribution in [0.5, 0.6) is 0 Å². The normalized spacial score (nSPS) is 11.6. The van der Waals surface area contributed by atoms with Gasteiger partial charge in [0.1, 0.15) is 16.8 Å². The standard InChI is InChI=1S/C11H13Cl2N5O2S/c1-3-4-18-6-10(14-7(18)2)21(19,20)17-9-5-8(12)15-11(13)16-9/h5-6H,3-4H2,1-2H3,(H,15,16,17). The van der Waals surface area contributed by atoms with Gasteiger partial charge in [0, 0.05) is 18.8 Å². The van der Waals surface area contributed by atoms with Gasteiger partial charge in [-0.25, -0.2) is 9.97 Å². The Morgan fingerprint density at radius 1 is 1.29 bits per heavy atom. The minimum Gasteiger partial charge on any atom is -0.334 e. The van der Waals surface area contributed by atoms with Gasteiger partial charge in [-0.3, -0.25) is 4.72 Å². The number of hydrogen-bond acceptors (Lipinski definition) is 5. The Morgan fingerprint density at radius 3 is 2.62 bits per heavy atom. The molecule has 10 heteroatoms. The molecule has 0 saturated heterocycles. The first kappa shape index (κ1) is 16.0. The molecule has 1 N–H and O–H groups in total. The topological polar surface area (TPSA) is 89.8 Å². The molecule has 0 aromatic carbocycles. The molecule has 0 saturated carbocycles. The van der Waals surface area contributed by atoms with Gasteiger partial charge in [-0.1, -0.05) is 18.5 Å². The van der Waals surface area contributed by atoms with Crippen LogP contribution in [0.1, 0.15) is 19.2 Å². The van der Waals surface area contributed by atoms with Crippen LogP contribution in [0.3, 0.4) is 0 Å². The van der Waals surface area contributed by atoms with Crippen LogP contribution in [-0.4, -0.2) is 27.9 Å². The number of anilines is 1. The SMILES string of the molecule is CCCn1cc(S(=O)(=O)Nc2cc(Cl)nc(Cl)n2)nc1C. The predicted molar refractivity (Wildman–Crippen MR) is 80.1 cm³/mol. The Balaban J connectivity index is 2.31. The lowest BCUT2D eigenvalue weighted by Crippen LogP contribution is -2.14. The van der Waals surface area contributed by atoms with Crippen molar-refractivity contribution in [2.24, 2.45) is 0 Å². The van der Waals surface area contributed by atoms with E-state index in [1.165, 1.54) is 12.3 Å². The molecular formula is C11H13Cl2N5O2S. The smallest absolute Gasteiger partial charge is 0.282 e. The molecular weight excluding hydrogens is 337 g/mol. The fourth-order valence-corrected chi connectivity index (χ4v) is 3.12. The van der Waals surface area contributed by atoms with Crippen LogP contribution >= 0.6 is 23.2 Å². The van der Waals surface area contributed by atoms with Gasteiger partial charge in [-0.2, -0.15) is 13.4 Å². The second-order valence-corrected chi connectivity index (χ2v) is 6.62. The summed E-state index contributed by atoms with van der Waals surface area (Å²) in [5.41, 5.74) is 0. The third-order valence-electron chi connectivity index (χ3n) is 2.60. The highest BCUT2D eigenvalue weighted by Gasteiger charge is 2.20. The summed E-state index contributed by atoms with van der Waals surface area (Å²) >= 11 is 11.3. The Bertz CT molecular complexity index is 740. The fraction of sp³-hybridized carbons (Fsp3) is 0.364. The molecule has 0 unspecified atom stereocenters. The monoisotopic (exact) mass is 349 g/mol. The minimum atomic E-state index is -3.86. The first-order valence-corrected chi connectivity index (χ1v) is 8.32. The van der Waals surface area contributed by atoms with Gasteiger partial charge in [-0.05, 0) is 24.9 Å². The summed E-state index contributed by atoms with van der Waals surface area (Å²) in [5.74, 6) is 0.610. The van der Waals surface area contributed by atoms with Gasteiger partial charge in [0.15, 0.2) is 5.03 Å². The average molecular weight is 350 g/mol. The highest BCUT2D eigenvalue weighted by Crippen LogP contribution is 2.18. The predicted octanol–water partition coefficient (Wildman–Crippen LogP) is 2.50. The summed E-state index contributed by atoms with van der Waals surface area (Å²) < 4.78 is 28.6. The van der Waals surface area contributed by atoms with Crippen molar-refractivity contribution in [3.8, 4) is 0 Å². The number of hydrogen-bond donors (Lipinski definition) is 1. The van der Waals surface area contributed by atoms with Crippen LogP contribution in [-0.2, 0) is 16.6 Å². The van der Waals surface area contributed by atoms with Gasteiger partial charge in [0.2, 0.25) is 5.28 Å². The highest BCUT2D eigenvalue weighted by molar-refractivity contribution is 7.92. The molecule has 0 atom stereocenters. The first-order valence-electron chi connectivity index (χ1n) is 6.08. The van der Waals surface area contributed by atoms with E-state index in [9.17, 15) is 8.42 Å². The zero-order chi connectivity index (χ0) is 15.6. The van der Waals surface area contributed by atoms with Crippen molar-refractivity contribution in [1.82, 2.24) is 19.5 Å². The lowest BCUT2D eigenvalue weighted by molar-refractivity contribution is 0.597. The summed E-state index contributed by atoms with van der Waals surface area (Å²) in [4.78, 5) is 11.4. The Labute approximate surface area is 132 Å². The zero-order valence-corrected chi connectivity index (χ0v) is 13.7. The number of nitrogens with zero attached hydrogens (tertiary/aromatic N) is 4. The van der Waals surface area contributed by atoms with E-state index in [1.807, 2.05) is 6.92 Å². The zero-order valence-electron chi connectivity index (χ0n) is 11.3. The second kappa shape index (κ2) is 6.17. The summed E-state index contributed by atoms with van der Waals surface area (Å²) in [7, 11) is -3.86. The molecule has 2 rings (SSSR count). The lowest BCUT2D eigenvalue weighted by atomic mass is 10.5. The first-order chi connectivity index (χ1) is 9.81. The van der Waals surface area contributed by atoms with Crippen molar-refractivity contribution >= 4 is 39.0 Å². The fourth-order valence-electron chi connectivity index (χ4n) is 1.71. The molecule has 114 valence electrons. The molecule has 0 radical (unpaired) electrons. The summed E-state index contributed by atoms with van der Waals surface area (Å²) in [6, 6.07) is 1.26. The number of halogens is 2. The molecule has 0 bridgehead atoms. The number of sulfonamides is 1. The average Bonchev–Trinajstić information content (AvgIpc) is 2.70. The van der Waals surface area contributed by atoms with Gasteiger partial charge in [0.25, 0.3) is 10.0 Å². The van der Waals surface area contributed by atoms with E-state index < -0.39 is 10.0 Å². The molecule has 2 heterocycles. The van der Waals surface area contributed by atoms with Crippen LogP contribution in [0.15, 0.2) is 17.3 Å². The number of imidazole rings is 1. The van der Waals surface area contributed by atoms with Crippen LogP contribution in [0.25, 0.3) is 0 Å². The Kier molecular flexibility index (Phi) is 4.70. The van der Waals surface area contributed by atoms with E-state index in [2.05, 4.69) is 19.7 Å². The van der Waals surface area contributed by atoms with Crippen LogP contribution in [0.2, 0.25) is 10.4 Å². The molecule has 2 aromatic rings. The largest absolute Gasteiger partial charge is 0.334 e. The third kappa shape index (κ3) is 3.84. The van der Waals surface area contributed by atoms with Crippen LogP contribution in [0.4, 0.5) is 5.82 Å². The van der Waals surface area contributed by atoms with Crippen molar-refractivity contribution in [3.63, 3.8) is 0 Å². The Hall–Kier alpha value is -1.38. The van der Waals surface area contributed by atoms with E-state index in [0.29, 0.717) is 12.4 Å². The maximum Gasteiger partial charge on any atom is 0.282 e. The minimum absolute atomic E-state index is 0.0114. The summed E-state index contributed by atoms with van der Waals surface area (Å²) in [6.45, 7) is 4.43. The van der Waals surface area contributed by atoms with E-state index in [1.54, 1.807) is 11.5 Å². The molecule has 0 aliphatic carbocycles. The quantitative estimate of drug-likeness (QED) is 0.661. The van der Waals surface area contributed by atoms with E-state index in [-0.39, 0.29) is 21.3 Å². The number of rotatable bonds is 5. The van der Waals surface area contributed by atoms with Gasteiger partial charge < -0.3 is 4.57 Å². The van der Waals surface area contributed by atoms with Gasteiger partial charge >= 0.3 is 0 Å². The van der Waals surface area contributed by atoms with E-state index in [0.717, 1.165) is 6.42 Å². The molecule has 7 nitrogen and oxygen atoms in total. The molecule has 0 aliphatic rings. The van der Waals surface area contributed by atoms with Crippen molar-refractivity contribution in [3.05, 3.63) is 28.5 Å². The molecule has 21 heavy (non-hydrogen) atoms. The molecule has 0 fully saturated rings. The van der Waals surface area contributed by atoms with Crippen molar-refractivity contribution in [1.29, 1.82) is 0 Å². The van der Waals surface area contributed by atoms with Crippen molar-refractivity contribution < 1.29 is 8.42 Å². The molecule has 0 aliphatic heterocycles. The molecule has 0 spiro atoms. The number of aromatic nitrogens is 4. The van der Waals surface area contributed by atoms with Gasteiger partial charge in [0.05, 0.1) is 0 Å².